The maximum Gasteiger partial charge on any atom is 0.251 e. The molecule has 2 rings (SSSR count). The summed E-state index contributed by atoms with van der Waals surface area (Å²) in [5.74, 6) is -0.753. The number of benzene rings is 2. The Hall–Kier alpha value is -2.97. The summed E-state index contributed by atoms with van der Waals surface area (Å²) in [6, 6.07) is 15.5. The van der Waals surface area contributed by atoms with Gasteiger partial charge in [0.2, 0.25) is 15.9 Å². The van der Waals surface area contributed by atoms with E-state index in [1.807, 2.05) is 30.3 Å². The Morgan fingerprint density at radius 3 is 2.40 bits per heavy atom. The molecule has 0 saturated carbocycles. The van der Waals surface area contributed by atoms with Crippen LogP contribution in [0.4, 0.5) is 0 Å². The second-order valence-corrected chi connectivity index (χ2v) is 9.01. The standard InChI is InChI=1S/C22H27N3O4S/c1-4-14-25(15-13-18-9-6-5-7-10-18)21(26)17-23-22(27)19-11-8-12-20(16-19)30(28,29)24(2)3/h4-12,16H,1,13-15,17H2,2-3H3,(H,23,27). The molecule has 0 radical (unpaired) electrons. The number of hydrogen-bond donors (Lipinski definition) is 1. The van der Waals surface area contributed by atoms with Crippen LogP contribution in [-0.2, 0) is 21.2 Å². The zero-order valence-electron chi connectivity index (χ0n) is 17.2. The van der Waals surface area contributed by atoms with E-state index in [-0.39, 0.29) is 22.9 Å². The van der Waals surface area contributed by atoms with Crippen molar-refractivity contribution >= 4 is 21.8 Å². The van der Waals surface area contributed by atoms with Crippen LogP contribution in [0.1, 0.15) is 15.9 Å². The van der Waals surface area contributed by atoms with Crippen molar-refractivity contribution in [2.24, 2.45) is 0 Å². The van der Waals surface area contributed by atoms with Crippen LogP contribution < -0.4 is 5.32 Å². The van der Waals surface area contributed by atoms with Crippen molar-refractivity contribution in [2.45, 2.75) is 11.3 Å². The minimum Gasteiger partial charge on any atom is -0.343 e. The Bertz CT molecular complexity index is 988. The molecule has 2 amide bonds. The van der Waals surface area contributed by atoms with E-state index in [1.165, 1.54) is 38.4 Å². The third-order valence-electron chi connectivity index (χ3n) is 4.49. The van der Waals surface area contributed by atoms with Crippen LogP contribution in [0, 0.1) is 0 Å². The topological polar surface area (TPSA) is 86.8 Å². The van der Waals surface area contributed by atoms with E-state index in [1.54, 1.807) is 11.0 Å². The van der Waals surface area contributed by atoms with Crippen LogP contribution in [0.15, 0.2) is 72.1 Å². The molecule has 0 unspecified atom stereocenters. The van der Waals surface area contributed by atoms with Gasteiger partial charge in [-0.1, -0.05) is 42.5 Å². The Kier molecular flexibility index (Phi) is 8.32. The Morgan fingerprint density at radius 1 is 1.07 bits per heavy atom. The van der Waals surface area contributed by atoms with Crippen LogP contribution in [0.5, 0.6) is 0 Å². The smallest absolute Gasteiger partial charge is 0.251 e. The molecule has 2 aromatic rings. The molecule has 2 aromatic carbocycles. The quantitative estimate of drug-likeness (QED) is 0.585. The number of hydrogen-bond acceptors (Lipinski definition) is 4. The Labute approximate surface area is 178 Å². The lowest BCUT2D eigenvalue weighted by molar-refractivity contribution is -0.129. The minimum absolute atomic E-state index is 0.0163. The van der Waals surface area contributed by atoms with Crippen LogP contribution in [0.2, 0.25) is 0 Å². The van der Waals surface area contributed by atoms with E-state index in [0.717, 1.165) is 9.87 Å². The summed E-state index contributed by atoms with van der Waals surface area (Å²) in [6.45, 7) is 4.37. The predicted molar refractivity (Wildman–Crippen MR) is 117 cm³/mol. The fourth-order valence-corrected chi connectivity index (χ4v) is 3.71. The van der Waals surface area contributed by atoms with Gasteiger partial charge in [0.05, 0.1) is 11.4 Å². The zero-order chi connectivity index (χ0) is 22.1. The van der Waals surface area contributed by atoms with Crippen molar-refractivity contribution in [1.29, 1.82) is 0 Å². The summed E-state index contributed by atoms with van der Waals surface area (Å²) in [5.41, 5.74) is 1.28. The number of carbonyl (C=O) groups excluding carboxylic acids is 2. The lowest BCUT2D eigenvalue weighted by Crippen LogP contribution is -2.41. The molecule has 30 heavy (non-hydrogen) atoms. The van der Waals surface area contributed by atoms with Crippen molar-refractivity contribution in [3.63, 3.8) is 0 Å². The number of sulfonamides is 1. The van der Waals surface area contributed by atoms with Gasteiger partial charge >= 0.3 is 0 Å². The highest BCUT2D eigenvalue weighted by Crippen LogP contribution is 2.14. The summed E-state index contributed by atoms with van der Waals surface area (Å²) in [4.78, 5) is 26.6. The van der Waals surface area contributed by atoms with E-state index in [2.05, 4.69) is 11.9 Å². The van der Waals surface area contributed by atoms with Gasteiger partial charge in [-0.2, -0.15) is 0 Å². The van der Waals surface area contributed by atoms with Gasteiger partial charge in [0.25, 0.3) is 5.91 Å². The molecule has 0 aliphatic carbocycles. The Morgan fingerprint density at radius 2 is 1.77 bits per heavy atom. The number of nitrogens with one attached hydrogen (secondary N) is 1. The normalized spacial score (nSPS) is 11.2. The fraction of sp³-hybridized carbons (Fsp3) is 0.273. The molecule has 0 fully saturated rings. The van der Waals surface area contributed by atoms with Gasteiger partial charge < -0.3 is 10.2 Å². The molecule has 7 nitrogen and oxygen atoms in total. The molecular formula is C22H27N3O4S. The largest absolute Gasteiger partial charge is 0.343 e. The molecule has 0 atom stereocenters. The van der Waals surface area contributed by atoms with Crippen molar-refractivity contribution in [1.82, 2.24) is 14.5 Å². The predicted octanol–water partition coefficient (Wildman–Crippen LogP) is 1.92. The Balaban J connectivity index is 1.99. The molecule has 8 heteroatoms. The van der Waals surface area contributed by atoms with Gasteiger partial charge in [-0.3, -0.25) is 9.59 Å². The first kappa shape index (κ1) is 23.3. The molecule has 0 aromatic heterocycles. The molecule has 1 N–H and O–H groups in total. The van der Waals surface area contributed by atoms with E-state index in [4.69, 9.17) is 0 Å². The summed E-state index contributed by atoms with van der Waals surface area (Å²) >= 11 is 0. The zero-order valence-corrected chi connectivity index (χ0v) is 18.1. The van der Waals surface area contributed by atoms with Gasteiger partial charge in [-0.15, -0.1) is 6.58 Å². The molecular weight excluding hydrogens is 402 g/mol. The SMILES string of the molecule is C=CCN(CCc1ccccc1)C(=O)CNC(=O)c1cccc(S(=O)(=O)N(C)C)c1. The lowest BCUT2D eigenvalue weighted by Gasteiger charge is -2.21. The number of nitrogens with zero attached hydrogens (tertiary/aromatic N) is 2. The third kappa shape index (κ3) is 6.27. The maximum atomic E-state index is 12.6. The van der Waals surface area contributed by atoms with Gasteiger partial charge in [0.15, 0.2) is 0 Å². The van der Waals surface area contributed by atoms with Crippen molar-refractivity contribution < 1.29 is 18.0 Å². The number of amides is 2. The van der Waals surface area contributed by atoms with Gasteiger partial charge in [-0.05, 0) is 30.2 Å². The van der Waals surface area contributed by atoms with Crippen LogP contribution in [0.25, 0.3) is 0 Å². The van der Waals surface area contributed by atoms with Crippen LogP contribution >= 0.6 is 0 Å². The van der Waals surface area contributed by atoms with Crippen LogP contribution in [-0.4, -0.2) is 63.2 Å². The second kappa shape index (κ2) is 10.7. The van der Waals surface area contributed by atoms with E-state index in [0.29, 0.717) is 19.5 Å². The molecule has 160 valence electrons. The van der Waals surface area contributed by atoms with Gasteiger partial charge in [0, 0.05) is 32.7 Å². The molecule has 0 bridgehead atoms. The van der Waals surface area contributed by atoms with E-state index >= 15 is 0 Å². The summed E-state index contributed by atoms with van der Waals surface area (Å²) in [7, 11) is -0.810. The fourth-order valence-electron chi connectivity index (χ4n) is 2.76. The maximum absolute atomic E-state index is 12.6. The average molecular weight is 430 g/mol. The highest BCUT2D eigenvalue weighted by molar-refractivity contribution is 7.89. The molecule has 0 heterocycles. The highest BCUT2D eigenvalue weighted by Gasteiger charge is 2.19. The number of rotatable bonds is 10. The monoisotopic (exact) mass is 429 g/mol. The summed E-state index contributed by atoms with van der Waals surface area (Å²) in [6.07, 6.45) is 2.33. The van der Waals surface area contributed by atoms with Crippen molar-refractivity contribution in [3.8, 4) is 0 Å². The molecule has 0 spiro atoms. The minimum atomic E-state index is -3.65. The van der Waals surface area contributed by atoms with Gasteiger partial charge in [-0.25, -0.2) is 12.7 Å². The second-order valence-electron chi connectivity index (χ2n) is 6.86. The summed E-state index contributed by atoms with van der Waals surface area (Å²) in [5, 5.41) is 2.57. The van der Waals surface area contributed by atoms with Gasteiger partial charge in [0.1, 0.15) is 0 Å². The lowest BCUT2D eigenvalue weighted by atomic mass is 10.1. The van der Waals surface area contributed by atoms with Crippen LogP contribution in [0.3, 0.4) is 0 Å². The van der Waals surface area contributed by atoms with E-state index in [9.17, 15) is 18.0 Å². The molecule has 0 aliphatic rings. The van der Waals surface area contributed by atoms with Crippen molar-refractivity contribution in [3.05, 3.63) is 78.4 Å². The number of carbonyl (C=O) groups is 2. The van der Waals surface area contributed by atoms with E-state index < -0.39 is 15.9 Å². The molecule has 0 saturated heterocycles. The first-order valence-corrected chi connectivity index (χ1v) is 10.9. The summed E-state index contributed by atoms with van der Waals surface area (Å²) < 4.78 is 25.6. The first-order valence-electron chi connectivity index (χ1n) is 9.49. The highest BCUT2D eigenvalue weighted by atomic mass is 32.2. The first-order chi connectivity index (χ1) is 14.3. The molecule has 0 aliphatic heterocycles. The van der Waals surface area contributed by atoms with Crippen molar-refractivity contribution in [2.75, 3.05) is 33.7 Å². The average Bonchev–Trinajstić information content (AvgIpc) is 2.75. The third-order valence-corrected chi connectivity index (χ3v) is 6.30.